The van der Waals surface area contributed by atoms with Gasteiger partial charge < -0.3 is 0 Å². The highest BCUT2D eigenvalue weighted by Gasteiger charge is 2.62. The lowest BCUT2D eigenvalue weighted by Crippen LogP contribution is -2.55. The summed E-state index contributed by atoms with van der Waals surface area (Å²) in [5.41, 5.74) is 3.51. The van der Waals surface area contributed by atoms with E-state index >= 15 is 0 Å². The lowest BCUT2D eigenvalue weighted by molar-refractivity contribution is -0.144. The van der Waals surface area contributed by atoms with Crippen molar-refractivity contribution in [1.29, 1.82) is 0 Å². The van der Waals surface area contributed by atoms with Gasteiger partial charge in [-0.15, -0.1) is 0 Å². The summed E-state index contributed by atoms with van der Waals surface area (Å²) in [6.45, 7) is 12.2. The maximum atomic E-state index is 4.44. The first-order valence-electron chi connectivity index (χ1n) is 9.05. The summed E-state index contributed by atoms with van der Waals surface area (Å²) in [4.78, 5) is 0. The van der Waals surface area contributed by atoms with Gasteiger partial charge in [-0.1, -0.05) is 39.3 Å². The topological polar surface area (TPSA) is 0 Å². The van der Waals surface area contributed by atoms with E-state index in [2.05, 4.69) is 27.4 Å². The third-order valence-corrected chi connectivity index (χ3v) is 8.36. The molecule has 5 atom stereocenters. The van der Waals surface area contributed by atoms with Gasteiger partial charge in [0.15, 0.2) is 0 Å². The van der Waals surface area contributed by atoms with E-state index in [1.807, 2.05) is 0 Å². The molecular weight excluding hydrogens is 240 g/mol. The number of allylic oxidation sites excluding steroid dienone is 1. The van der Waals surface area contributed by atoms with Crippen molar-refractivity contribution in [3.63, 3.8) is 0 Å². The summed E-state index contributed by atoms with van der Waals surface area (Å²) in [6.07, 6.45) is 13.3. The maximum absolute atomic E-state index is 4.44. The van der Waals surface area contributed by atoms with Crippen molar-refractivity contribution in [1.82, 2.24) is 0 Å². The van der Waals surface area contributed by atoms with Crippen LogP contribution in [0.4, 0.5) is 0 Å². The van der Waals surface area contributed by atoms with Gasteiger partial charge in [-0.05, 0) is 85.4 Å². The van der Waals surface area contributed by atoms with Crippen molar-refractivity contribution >= 4 is 0 Å². The second-order valence-electron chi connectivity index (χ2n) is 9.67. The first-order chi connectivity index (χ1) is 9.37. The van der Waals surface area contributed by atoms with E-state index in [1.165, 1.54) is 57.8 Å². The summed E-state index contributed by atoms with van der Waals surface area (Å²) in [6, 6.07) is 0. The summed E-state index contributed by atoms with van der Waals surface area (Å²) < 4.78 is 0. The Morgan fingerprint density at radius 3 is 2.55 bits per heavy atom. The Morgan fingerprint density at radius 2 is 1.75 bits per heavy atom. The lowest BCUT2D eigenvalue weighted by atomic mass is 9.41. The molecule has 2 bridgehead atoms. The Hall–Kier alpha value is -0.260. The van der Waals surface area contributed by atoms with Gasteiger partial charge in [-0.3, -0.25) is 0 Å². The average molecular weight is 272 g/mol. The normalized spacial score (nSPS) is 53.4. The second-order valence-corrected chi connectivity index (χ2v) is 9.67. The van der Waals surface area contributed by atoms with Crippen molar-refractivity contribution in [3.05, 3.63) is 12.2 Å². The van der Waals surface area contributed by atoms with Crippen LogP contribution in [0.2, 0.25) is 0 Å². The molecule has 0 aromatic rings. The van der Waals surface area contributed by atoms with E-state index < -0.39 is 0 Å². The van der Waals surface area contributed by atoms with Gasteiger partial charge in [0, 0.05) is 0 Å². The van der Waals surface area contributed by atoms with Crippen LogP contribution in [0.25, 0.3) is 0 Å². The van der Waals surface area contributed by atoms with E-state index in [9.17, 15) is 0 Å². The zero-order chi connectivity index (χ0) is 14.2. The first kappa shape index (κ1) is 13.4. The molecule has 0 nitrogen and oxygen atoms in total. The molecule has 112 valence electrons. The zero-order valence-electron chi connectivity index (χ0n) is 13.8. The van der Waals surface area contributed by atoms with Gasteiger partial charge in [0.1, 0.15) is 0 Å². The molecule has 1 unspecified atom stereocenters. The van der Waals surface area contributed by atoms with Crippen LogP contribution in [0.5, 0.6) is 0 Å². The SMILES string of the molecule is C=C1C[C@]23CC[C@H]4C(C)(C)CCC[C@@]4(C)[C@H]2CCC1C3. The molecule has 4 saturated carbocycles. The second kappa shape index (κ2) is 3.93. The van der Waals surface area contributed by atoms with Gasteiger partial charge in [-0.25, -0.2) is 0 Å². The minimum Gasteiger partial charge on any atom is -0.0996 e. The molecule has 4 rings (SSSR count). The Balaban J connectivity index is 1.74. The Bertz CT molecular complexity index is 445. The van der Waals surface area contributed by atoms with Crippen molar-refractivity contribution in [3.8, 4) is 0 Å². The van der Waals surface area contributed by atoms with Crippen molar-refractivity contribution < 1.29 is 0 Å². The highest BCUT2D eigenvalue weighted by atomic mass is 14.7. The monoisotopic (exact) mass is 272 g/mol. The number of hydrogen-bond acceptors (Lipinski definition) is 0. The highest BCUT2D eigenvalue weighted by Crippen LogP contribution is 2.72. The van der Waals surface area contributed by atoms with E-state index in [0.29, 0.717) is 16.2 Å². The fraction of sp³-hybridized carbons (Fsp3) is 0.900. The molecule has 0 amide bonds. The quantitative estimate of drug-likeness (QED) is 0.476. The van der Waals surface area contributed by atoms with Gasteiger partial charge in [-0.2, -0.15) is 0 Å². The maximum Gasteiger partial charge on any atom is -0.0200 e. The molecule has 0 heterocycles. The molecule has 0 aliphatic heterocycles. The zero-order valence-corrected chi connectivity index (χ0v) is 13.8. The molecule has 20 heavy (non-hydrogen) atoms. The molecule has 0 saturated heterocycles. The molecule has 4 fully saturated rings. The van der Waals surface area contributed by atoms with Gasteiger partial charge in [0.2, 0.25) is 0 Å². The standard InChI is InChI=1S/C20H32/c1-14-12-20-11-8-16-18(2,3)9-5-10-19(16,4)17(20)7-6-15(14)13-20/h15-17H,1,5-13H2,2-4H3/t15?,16-,17+,19+,20-/m0/s1. The van der Waals surface area contributed by atoms with Crippen LogP contribution in [0, 0.1) is 34.0 Å². The molecule has 0 aromatic carbocycles. The Kier molecular flexibility index (Phi) is 2.63. The highest BCUT2D eigenvalue weighted by molar-refractivity contribution is 5.22. The summed E-state index contributed by atoms with van der Waals surface area (Å²) >= 11 is 0. The minimum absolute atomic E-state index is 0.584. The molecule has 0 radical (unpaired) electrons. The first-order valence-corrected chi connectivity index (χ1v) is 9.05. The van der Waals surface area contributed by atoms with Crippen molar-refractivity contribution in [2.75, 3.05) is 0 Å². The van der Waals surface area contributed by atoms with Crippen LogP contribution < -0.4 is 0 Å². The third-order valence-electron chi connectivity index (χ3n) is 8.36. The molecule has 0 heteroatoms. The van der Waals surface area contributed by atoms with E-state index in [4.69, 9.17) is 0 Å². The van der Waals surface area contributed by atoms with Crippen LogP contribution >= 0.6 is 0 Å². The lowest BCUT2D eigenvalue weighted by Gasteiger charge is -2.64. The Morgan fingerprint density at radius 1 is 0.950 bits per heavy atom. The molecule has 0 N–H and O–H groups in total. The predicted molar refractivity (Wildman–Crippen MR) is 85.5 cm³/mol. The minimum atomic E-state index is 0.584. The molecule has 4 aliphatic rings. The smallest absolute Gasteiger partial charge is 0.0200 e. The summed E-state index contributed by atoms with van der Waals surface area (Å²) in [5, 5.41) is 0. The fourth-order valence-corrected chi connectivity index (χ4v) is 7.68. The largest absolute Gasteiger partial charge is 0.0996 e. The number of hydrogen-bond donors (Lipinski definition) is 0. The Labute approximate surface area is 125 Å². The number of fused-ring (bicyclic) bond motifs is 3. The van der Waals surface area contributed by atoms with E-state index in [0.717, 1.165) is 17.8 Å². The van der Waals surface area contributed by atoms with Crippen LogP contribution in [-0.2, 0) is 0 Å². The van der Waals surface area contributed by atoms with Crippen LogP contribution in [0.1, 0.15) is 78.6 Å². The van der Waals surface area contributed by atoms with Crippen LogP contribution in [0.3, 0.4) is 0 Å². The molecule has 1 spiro atoms. The van der Waals surface area contributed by atoms with Crippen LogP contribution in [-0.4, -0.2) is 0 Å². The molecule has 0 aromatic heterocycles. The molecular formula is C20H32. The van der Waals surface area contributed by atoms with E-state index in [-0.39, 0.29) is 0 Å². The summed E-state index contributed by atoms with van der Waals surface area (Å²) in [5.74, 6) is 2.87. The van der Waals surface area contributed by atoms with Crippen LogP contribution in [0.15, 0.2) is 12.2 Å². The molecule has 4 aliphatic carbocycles. The predicted octanol–water partition coefficient (Wildman–Crippen LogP) is 5.98. The van der Waals surface area contributed by atoms with Crippen molar-refractivity contribution in [2.24, 2.45) is 34.0 Å². The average Bonchev–Trinajstić information content (AvgIpc) is 2.58. The van der Waals surface area contributed by atoms with Gasteiger partial charge in [0.05, 0.1) is 0 Å². The fourth-order valence-electron chi connectivity index (χ4n) is 7.68. The van der Waals surface area contributed by atoms with E-state index in [1.54, 1.807) is 5.57 Å². The third kappa shape index (κ3) is 1.54. The van der Waals surface area contributed by atoms with Crippen molar-refractivity contribution in [2.45, 2.75) is 78.6 Å². The summed E-state index contributed by atoms with van der Waals surface area (Å²) in [7, 11) is 0. The van der Waals surface area contributed by atoms with Gasteiger partial charge in [0.25, 0.3) is 0 Å². The van der Waals surface area contributed by atoms with Gasteiger partial charge >= 0.3 is 0 Å². The number of rotatable bonds is 0.